The van der Waals surface area contributed by atoms with E-state index in [9.17, 15) is 9.59 Å². The van der Waals surface area contributed by atoms with Crippen molar-refractivity contribution >= 4 is 17.4 Å². The van der Waals surface area contributed by atoms with Gasteiger partial charge in [0.1, 0.15) is 12.4 Å². The lowest BCUT2D eigenvalue weighted by molar-refractivity contribution is -0.116. The molecule has 120 valence electrons. The third kappa shape index (κ3) is 3.92. The van der Waals surface area contributed by atoms with Gasteiger partial charge in [0.2, 0.25) is 5.91 Å². The van der Waals surface area contributed by atoms with E-state index in [-0.39, 0.29) is 12.5 Å². The Morgan fingerprint density at radius 1 is 1.26 bits per heavy atom. The minimum atomic E-state index is -0.455. The SMILES string of the molecule is O=C(Cn1cccnc1=O)Nc1ccc(N2CCOCC2)nc1. The van der Waals surface area contributed by atoms with E-state index in [2.05, 4.69) is 20.2 Å². The summed E-state index contributed by atoms with van der Waals surface area (Å²) < 4.78 is 6.55. The van der Waals surface area contributed by atoms with Gasteiger partial charge in [0.15, 0.2) is 0 Å². The molecule has 1 saturated heterocycles. The van der Waals surface area contributed by atoms with Crippen LogP contribution in [0.15, 0.2) is 41.6 Å². The number of anilines is 2. The number of rotatable bonds is 4. The summed E-state index contributed by atoms with van der Waals surface area (Å²) in [4.78, 5) is 33.5. The Morgan fingerprint density at radius 3 is 2.78 bits per heavy atom. The van der Waals surface area contributed by atoms with Crippen molar-refractivity contribution < 1.29 is 9.53 Å². The number of morpholine rings is 1. The summed E-state index contributed by atoms with van der Waals surface area (Å²) in [6.07, 6.45) is 4.52. The average molecular weight is 315 g/mol. The number of hydrogen-bond acceptors (Lipinski definition) is 6. The van der Waals surface area contributed by atoms with Crippen molar-refractivity contribution in [3.8, 4) is 0 Å². The van der Waals surface area contributed by atoms with Gasteiger partial charge in [0.25, 0.3) is 0 Å². The Labute approximate surface area is 132 Å². The van der Waals surface area contributed by atoms with Crippen LogP contribution in [0, 0.1) is 0 Å². The zero-order valence-electron chi connectivity index (χ0n) is 12.5. The Morgan fingerprint density at radius 2 is 2.09 bits per heavy atom. The summed E-state index contributed by atoms with van der Waals surface area (Å²) >= 11 is 0. The molecule has 1 N–H and O–H groups in total. The Kier molecular flexibility index (Phi) is 4.62. The minimum Gasteiger partial charge on any atom is -0.378 e. The molecule has 23 heavy (non-hydrogen) atoms. The molecule has 0 saturated carbocycles. The van der Waals surface area contributed by atoms with Gasteiger partial charge in [0, 0.05) is 25.5 Å². The second-order valence-electron chi connectivity index (χ2n) is 5.08. The maximum Gasteiger partial charge on any atom is 0.347 e. The molecule has 1 aliphatic rings. The van der Waals surface area contributed by atoms with Crippen LogP contribution in [-0.2, 0) is 16.1 Å². The molecular weight excluding hydrogens is 298 g/mol. The number of carbonyl (C=O) groups excluding carboxylic acids is 1. The van der Waals surface area contributed by atoms with Gasteiger partial charge in [0.05, 0.1) is 25.1 Å². The van der Waals surface area contributed by atoms with Crippen LogP contribution in [0.4, 0.5) is 11.5 Å². The maximum atomic E-state index is 12.0. The zero-order valence-corrected chi connectivity index (χ0v) is 12.5. The molecule has 8 nitrogen and oxygen atoms in total. The molecular formula is C15H17N5O3. The molecule has 2 aromatic rings. The van der Waals surface area contributed by atoms with E-state index >= 15 is 0 Å². The van der Waals surface area contributed by atoms with Gasteiger partial charge in [-0.3, -0.25) is 9.36 Å². The number of nitrogens with zero attached hydrogens (tertiary/aromatic N) is 4. The molecule has 0 unspecified atom stereocenters. The summed E-state index contributed by atoms with van der Waals surface area (Å²) in [5.74, 6) is 0.552. The highest BCUT2D eigenvalue weighted by molar-refractivity contribution is 5.90. The van der Waals surface area contributed by atoms with Crippen LogP contribution in [0.25, 0.3) is 0 Å². The summed E-state index contributed by atoms with van der Waals surface area (Å²) in [5, 5.41) is 2.72. The molecule has 0 aliphatic carbocycles. The normalized spacial score (nSPS) is 14.5. The lowest BCUT2D eigenvalue weighted by atomic mass is 10.3. The average Bonchev–Trinajstić information content (AvgIpc) is 2.58. The Balaban J connectivity index is 1.60. The maximum absolute atomic E-state index is 12.0. The third-order valence-corrected chi connectivity index (χ3v) is 3.46. The van der Waals surface area contributed by atoms with E-state index in [1.54, 1.807) is 18.3 Å². The molecule has 0 atom stereocenters. The van der Waals surface area contributed by atoms with Crippen molar-refractivity contribution in [1.82, 2.24) is 14.5 Å². The number of amides is 1. The van der Waals surface area contributed by atoms with Crippen molar-refractivity contribution in [1.29, 1.82) is 0 Å². The Hall–Kier alpha value is -2.74. The fraction of sp³-hybridized carbons (Fsp3) is 0.333. The first-order chi connectivity index (χ1) is 11.2. The van der Waals surface area contributed by atoms with Crippen LogP contribution in [0.5, 0.6) is 0 Å². The van der Waals surface area contributed by atoms with Crippen LogP contribution < -0.4 is 15.9 Å². The predicted octanol–water partition coefficient (Wildman–Crippen LogP) is 0.114. The van der Waals surface area contributed by atoms with Gasteiger partial charge in [-0.1, -0.05) is 0 Å². The molecule has 1 aliphatic heterocycles. The van der Waals surface area contributed by atoms with Crippen LogP contribution in [-0.4, -0.2) is 46.7 Å². The number of pyridine rings is 1. The van der Waals surface area contributed by atoms with Gasteiger partial charge in [-0.2, -0.15) is 0 Å². The van der Waals surface area contributed by atoms with Crippen molar-refractivity contribution in [2.24, 2.45) is 0 Å². The molecule has 0 radical (unpaired) electrons. The second-order valence-corrected chi connectivity index (χ2v) is 5.08. The lowest BCUT2D eigenvalue weighted by Crippen LogP contribution is -2.36. The van der Waals surface area contributed by atoms with E-state index < -0.39 is 5.69 Å². The van der Waals surface area contributed by atoms with Crippen LogP contribution in [0.3, 0.4) is 0 Å². The van der Waals surface area contributed by atoms with Crippen molar-refractivity contribution in [3.05, 3.63) is 47.3 Å². The molecule has 0 aromatic carbocycles. The van der Waals surface area contributed by atoms with Gasteiger partial charge >= 0.3 is 5.69 Å². The van der Waals surface area contributed by atoms with E-state index in [1.165, 1.54) is 17.0 Å². The third-order valence-electron chi connectivity index (χ3n) is 3.46. The van der Waals surface area contributed by atoms with Gasteiger partial charge in [-0.05, 0) is 18.2 Å². The summed E-state index contributed by atoms with van der Waals surface area (Å²) in [5.41, 5.74) is 0.132. The standard InChI is InChI=1S/C15H17N5O3/c21-14(11-20-5-1-4-16-15(20)22)18-12-2-3-13(17-10-12)19-6-8-23-9-7-19/h1-5,10H,6-9,11H2,(H,18,21). The highest BCUT2D eigenvalue weighted by Crippen LogP contribution is 2.15. The van der Waals surface area contributed by atoms with Gasteiger partial charge in [-0.15, -0.1) is 0 Å². The Bertz CT molecular complexity index is 722. The van der Waals surface area contributed by atoms with Crippen LogP contribution in [0.2, 0.25) is 0 Å². The topological polar surface area (TPSA) is 89.4 Å². The lowest BCUT2D eigenvalue weighted by Gasteiger charge is -2.27. The van der Waals surface area contributed by atoms with E-state index in [0.29, 0.717) is 18.9 Å². The molecule has 2 aromatic heterocycles. The summed E-state index contributed by atoms with van der Waals surface area (Å²) in [7, 11) is 0. The smallest absolute Gasteiger partial charge is 0.347 e. The number of hydrogen-bond donors (Lipinski definition) is 1. The van der Waals surface area contributed by atoms with Crippen molar-refractivity contribution in [3.63, 3.8) is 0 Å². The molecule has 3 heterocycles. The first kappa shape index (κ1) is 15.2. The number of nitrogens with one attached hydrogen (secondary N) is 1. The largest absolute Gasteiger partial charge is 0.378 e. The van der Waals surface area contributed by atoms with Crippen molar-refractivity contribution in [2.75, 3.05) is 36.5 Å². The molecule has 0 bridgehead atoms. The number of ether oxygens (including phenoxy) is 1. The van der Waals surface area contributed by atoms with Crippen LogP contribution >= 0.6 is 0 Å². The second kappa shape index (κ2) is 7.01. The summed E-state index contributed by atoms with van der Waals surface area (Å²) in [6.45, 7) is 2.92. The zero-order chi connectivity index (χ0) is 16.1. The molecule has 8 heteroatoms. The number of aromatic nitrogens is 3. The van der Waals surface area contributed by atoms with Crippen molar-refractivity contribution in [2.45, 2.75) is 6.54 Å². The first-order valence-corrected chi connectivity index (χ1v) is 7.32. The fourth-order valence-corrected chi connectivity index (χ4v) is 2.30. The summed E-state index contributed by atoms with van der Waals surface area (Å²) in [6, 6.07) is 5.26. The van der Waals surface area contributed by atoms with E-state index in [1.807, 2.05) is 6.07 Å². The van der Waals surface area contributed by atoms with Gasteiger partial charge in [-0.25, -0.2) is 14.8 Å². The van der Waals surface area contributed by atoms with E-state index in [4.69, 9.17) is 4.74 Å². The molecule has 3 rings (SSSR count). The fourth-order valence-electron chi connectivity index (χ4n) is 2.30. The van der Waals surface area contributed by atoms with E-state index in [0.717, 1.165) is 18.9 Å². The quantitative estimate of drug-likeness (QED) is 0.861. The van der Waals surface area contributed by atoms with Gasteiger partial charge < -0.3 is 15.0 Å². The predicted molar refractivity (Wildman–Crippen MR) is 84.4 cm³/mol. The highest BCUT2D eigenvalue weighted by Gasteiger charge is 2.12. The van der Waals surface area contributed by atoms with Crippen LogP contribution in [0.1, 0.15) is 0 Å². The number of carbonyl (C=O) groups is 1. The first-order valence-electron chi connectivity index (χ1n) is 7.32. The molecule has 1 fully saturated rings. The highest BCUT2D eigenvalue weighted by atomic mass is 16.5. The molecule has 0 spiro atoms. The monoisotopic (exact) mass is 315 g/mol. The minimum absolute atomic E-state index is 0.0854. The molecule has 1 amide bonds.